The second-order valence-electron chi connectivity index (χ2n) is 10.8. The fourth-order valence-electron chi connectivity index (χ4n) is 5.61. The Hall–Kier alpha value is -2.41. The van der Waals surface area contributed by atoms with E-state index in [0.717, 1.165) is 50.1 Å². The molecule has 0 radical (unpaired) electrons. The lowest BCUT2D eigenvalue weighted by molar-refractivity contribution is -0.129. The summed E-state index contributed by atoms with van der Waals surface area (Å²) >= 11 is 5.91. The summed E-state index contributed by atoms with van der Waals surface area (Å²) in [5, 5.41) is 0.562. The molecule has 36 heavy (non-hydrogen) atoms. The van der Waals surface area contributed by atoms with E-state index in [1.807, 2.05) is 0 Å². The highest BCUT2D eigenvalue weighted by atomic mass is 35.5. The Morgan fingerprint density at radius 1 is 1.19 bits per heavy atom. The van der Waals surface area contributed by atoms with Crippen molar-refractivity contribution in [3.63, 3.8) is 0 Å². The zero-order chi connectivity index (χ0) is 25.7. The van der Waals surface area contributed by atoms with Gasteiger partial charge in [0.15, 0.2) is 0 Å². The van der Waals surface area contributed by atoms with Crippen LogP contribution in [0.3, 0.4) is 0 Å². The molecule has 4 rings (SSSR count). The zero-order valence-corrected chi connectivity index (χ0v) is 22.4. The van der Waals surface area contributed by atoms with Gasteiger partial charge in [0.2, 0.25) is 11.9 Å². The lowest BCUT2D eigenvalue weighted by Gasteiger charge is -2.45. The number of halogens is 2. The number of hydrogen-bond donors (Lipinski definition) is 0. The number of likely N-dealkylation sites (N-methyl/N-ethyl adjacent to an activating group) is 1. The Balaban J connectivity index is 1.19. The monoisotopic (exact) mass is 516 g/mol. The number of hydrogen-bond acceptors (Lipinski definition) is 5. The van der Waals surface area contributed by atoms with Crippen LogP contribution in [-0.2, 0) is 11.2 Å². The average molecular weight is 517 g/mol. The van der Waals surface area contributed by atoms with E-state index in [4.69, 9.17) is 16.3 Å². The van der Waals surface area contributed by atoms with Gasteiger partial charge in [-0.3, -0.25) is 4.79 Å². The summed E-state index contributed by atoms with van der Waals surface area (Å²) in [6, 6.07) is 4.87. The van der Waals surface area contributed by atoms with Crippen LogP contribution in [-0.4, -0.2) is 54.1 Å². The lowest BCUT2D eigenvalue weighted by Crippen LogP contribution is -2.42. The second-order valence-corrected chi connectivity index (χ2v) is 11.2. The molecular weight excluding hydrogens is 479 g/mol. The van der Waals surface area contributed by atoms with Gasteiger partial charge >= 0.3 is 0 Å². The number of piperidine rings is 1. The largest absolute Gasteiger partial charge is 0.493 e. The van der Waals surface area contributed by atoms with Gasteiger partial charge in [0.25, 0.3) is 0 Å². The molecule has 2 atom stereocenters. The predicted octanol–water partition coefficient (Wildman–Crippen LogP) is 5.64. The standard InChI is InChI=1S/C28H38ClFN4O2/c1-19(2)18-33(3)27(35)14-22-4-6-24(15-26(22)30)36-13-10-20-5-7-25(20)21-8-11-34(12-9-21)28-31-16-23(29)17-32-28/h4,6,15-17,19-21,25H,5,7-14,18H2,1-3H3/t20-,25?/m0/s1. The molecule has 1 amide bonds. The van der Waals surface area contributed by atoms with Gasteiger partial charge in [-0.05, 0) is 67.4 Å². The number of rotatable bonds is 10. The first-order valence-electron chi connectivity index (χ1n) is 13.2. The number of ether oxygens (including phenoxy) is 1. The molecule has 1 saturated heterocycles. The summed E-state index contributed by atoms with van der Waals surface area (Å²) < 4.78 is 20.5. The van der Waals surface area contributed by atoms with Crippen LogP contribution in [0, 0.1) is 29.5 Å². The van der Waals surface area contributed by atoms with Crippen molar-refractivity contribution in [3.05, 3.63) is 47.0 Å². The number of amides is 1. The van der Waals surface area contributed by atoms with Crippen molar-refractivity contribution in [2.75, 3.05) is 38.2 Å². The van der Waals surface area contributed by atoms with Gasteiger partial charge in [-0.15, -0.1) is 0 Å². The molecule has 1 aromatic carbocycles. The van der Waals surface area contributed by atoms with Crippen LogP contribution in [0.2, 0.25) is 5.02 Å². The molecule has 196 valence electrons. The number of anilines is 1. The van der Waals surface area contributed by atoms with Crippen molar-refractivity contribution in [1.29, 1.82) is 0 Å². The first kappa shape index (κ1) is 26.6. The van der Waals surface area contributed by atoms with E-state index in [9.17, 15) is 9.18 Å². The van der Waals surface area contributed by atoms with Crippen LogP contribution in [0.15, 0.2) is 30.6 Å². The lowest BCUT2D eigenvalue weighted by atomic mass is 9.63. The van der Waals surface area contributed by atoms with E-state index >= 15 is 0 Å². The second kappa shape index (κ2) is 12.2. The van der Waals surface area contributed by atoms with Crippen LogP contribution in [0.4, 0.5) is 10.3 Å². The Morgan fingerprint density at radius 3 is 2.53 bits per heavy atom. The Morgan fingerprint density at radius 2 is 1.92 bits per heavy atom. The van der Waals surface area contributed by atoms with Gasteiger partial charge in [0.05, 0.1) is 30.4 Å². The maximum atomic E-state index is 14.6. The molecule has 1 aliphatic heterocycles. The molecule has 2 heterocycles. The SMILES string of the molecule is CC(C)CN(C)C(=O)Cc1ccc(OCC[C@@H]2CCC2C2CCN(c3ncc(Cl)cn3)CC2)cc1F. The summed E-state index contributed by atoms with van der Waals surface area (Å²) in [6.07, 6.45) is 9.22. The predicted molar refractivity (Wildman–Crippen MR) is 141 cm³/mol. The molecule has 6 nitrogen and oxygen atoms in total. The summed E-state index contributed by atoms with van der Waals surface area (Å²) in [5.74, 6) is 3.38. The first-order chi connectivity index (χ1) is 17.3. The molecule has 2 fully saturated rings. The van der Waals surface area contributed by atoms with E-state index in [2.05, 4.69) is 28.7 Å². The minimum atomic E-state index is -0.378. The number of aromatic nitrogens is 2. The summed E-state index contributed by atoms with van der Waals surface area (Å²) in [4.78, 5) is 25.0. The summed E-state index contributed by atoms with van der Waals surface area (Å²) in [6.45, 7) is 7.33. The number of benzene rings is 1. The van der Waals surface area contributed by atoms with Crippen LogP contribution in [0.25, 0.3) is 0 Å². The highest BCUT2D eigenvalue weighted by Crippen LogP contribution is 2.45. The minimum Gasteiger partial charge on any atom is -0.493 e. The van der Waals surface area contributed by atoms with E-state index in [1.165, 1.54) is 18.9 Å². The molecule has 2 aliphatic rings. The maximum Gasteiger partial charge on any atom is 0.226 e. The molecular formula is C28H38ClFN4O2. The van der Waals surface area contributed by atoms with Crippen molar-refractivity contribution in [3.8, 4) is 5.75 Å². The number of carbonyl (C=O) groups excluding carboxylic acids is 1. The smallest absolute Gasteiger partial charge is 0.226 e. The van der Waals surface area contributed by atoms with Gasteiger partial charge in [-0.1, -0.05) is 31.5 Å². The van der Waals surface area contributed by atoms with Crippen LogP contribution in [0.1, 0.15) is 51.5 Å². The third-order valence-corrected chi connectivity index (χ3v) is 7.89. The highest BCUT2D eigenvalue weighted by molar-refractivity contribution is 6.30. The molecule has 0 spiro atoms. The van der Waals surface area contributed by atoms with Crippen molar-refractivity contribution >= 4 is 23.5 Å². The van der Waals surface area contributed by atoms with Crippen molar-refractivity contribution < 1.29 is 13.9 Å². The van der Waals surface area contributed by atoms with Gasteiger partial charge in [0, 0.05) is 32.7 Å². The van der Waals surface area contributed by atoms with Crippen LogP contribution >= 0.6 is 11.6 Å². The van der Waals surface area contributed by atoms with Crippen molar-refractivity contribution in [2.24, 2.45) is 23.7 Å². The average Bonchev–Trinajstić information content (AvgIpc) is 2.83. The summed E-state index contributed by atoms with van der Waals surface area (Å²) in [5.41, 5.74) is 0.414. The first-order valence-corrected chi connectivity index (χ1v) is 13.6. The molecule has 0 N–H and O–H groups in total. The van der Waals surface area contributed by atoms with Gasteiger partial charge in [0.1, 0.15) is 11.6 Å². The topological polar surface area (TPSA) is 58.6 Å². The third kappa shape index (κ3) is 6.87. The maximum absolute atomic E-state index is 14.6. The fourth-order valence-corrected chi connectivity index (χ4v) is 5.70. The van der Waals surface area contributed by atoms with Crippen LogP contribution < -0.4 is 9.64 Å². The van der Waals surface area contributed by atoms with E-state index < -0.39 is 0 Å². The Labute approximate surface area is 219 Å². The zero-order valence-electron chi connectivity index (χ0n) is 21.6. The molecule has 0 bridgehead atoms. The molecule has 2 aromatic rings. The van der Waals surface area contributed by atoms with Crippen molar-refractivity contribution in [2.45, 2.75) is 52.4 Å². The van der Waals surface area contributed by atoms with Crippen LogP contribution in [0.5, 0.6) is 5.75 Å². The van der Waals surface area contributed by atoms with E-state index in [1.54, 1.807) is 36.5 Å². The van der Waals surface area contributed by atoms with Crippen molar-refractivity contribution in [1.82, 2.24) is 14.9 Å². The quantitative estimate of drug-likeness (QED) is 0.409. The Bertz CT molecular complexity index is 1010. The highest BCUT2D eigenvalue weighted by Gasteiger charge is 2.38. The fraction of sp³-hybridized carbons (Fsp3) is 0.607. The van der Waals surface area contributed by atoms with E-state index in [0.29, 0.717) is 41.3 Å². The Kier molecular flexibility index (Phi) is 9.04. The van der Waals surface area contributed by atoms with Gasteiger partial charge in [-0.2, -0.15) is 0 Å². The molecule has 1 aromatic heterocycles. The molecule has 1 unspecified atom stereocenters. The summed E-state index contributed by atoms with van der Waals surface area (Å²) in [7, 11) is 1.77. The van der Waals surface area contributed by atoms with E-state index in [-0.39, 0.29) is 18.1 Å². The molecule has 8 heteroatoms. The molecule has 1 aliphatic carbocycles. The molecule has 1 saturated carbocycles. The van der Waals surface area contributed by atoms with Gasteiger partial charge in [-0.25, -0.2) is 14.4 Å². The third-order valence-electron chi connectivity index (χ3n) is 7.70. The minimum absolute atomic E-state index is 0.0705. The normalized spacial score (nSPS) is 20.3. The number of carbonyl (C=O) groups is 1. The number of nitrogens with zero attached hydrogens (tertiary/aromatic N) is 4. The van der Waals surface area contributed by atoms with Gasteiger partial charge < -0.3 is 14.5 Å².